The molecule has 212 valence electrons. The van der Waals surface area contributed by atoms with Gasteiger partial charge < -0.3 is 0 Å². The Kier molecular flexibility index (Phi) is 23.9. The third-order valence-electron chi connectivity index (χ3n) is 8.10. The molecule has 0 saturated carbocycles. The van der Waals surface area contributed by atoms with E-state index in [0.29, 0.717) is 0 Å². The zero-order chi connectivity index (χ0) is 25.9. The van der Waals surface area contributed by atoms with Crippen LogP contribution in [0.1, 0.15) is 187 Å². The van der Waals surface area contributed by atoms with E-state index >= 15 is 0 Å². The second-order valence-electron chi connectivity index (χ2n) is 11.6. The largest absolute Gasteiger partial charge is 0.256 e. The van der Waals surface area contributed by atoms with Gasteiger partial charge in [-0.15, -0.1) is 0 Å². The molecule has 1 aromatic heterocycles. The summed E-state index contributed by atoms with van der Waals surface area (Å²) >= 11 is 0. The zero-order valence-corrected chi connectivity index (χ0v) is 25.3. The summed E-state index contributed by atoms with van der Waals surface area (Å²) < 4.78 is 5.23. The van der Waals surface area contributed by atoms with E-state index in [0.717, 1.165) is 0 Å². The van der Waals surface area contributed by atoms with Crippen LogP contribution in [0, 0.1) is 0 Å². The fraction of sp³-hybridized carbons (Fsp3) is 0.912. The normalized spacial score (nSPS) is 11.5. The molecule has 2 nitrogen and oxygen atoms in total. The van der Waals surface area contributed by atoms with E-state index in [4.69, 9.17) is 0 Å². The van der Waals surface area contributed by atoms with Crippen LogP contribution in [0.3, 0.4) is 0 Å². The lowest BCUT2D eigenvalue weighted by molar-refractivity contribution is -0.704. The number of aryl methyl sites for hydroxylation is 2. The molecular weight excluding hydrogens is 436 g/mol. The van der Waals surface area contributed by atoms with Gasteiger partial charge in [-0.3, -0.25) is 0 Å². The van der Waals surface area contributed by atoms with Gasteiger partial charge in [-0.05, 0) is 32.1 Å². The van der Waals surface area contributed by atoms with Gasteiger partial charge in [0.05, 0.1) is 13.1 Å². The molecule has 0 aromatic carbocycles. The van der Waals surface area contributed by atoms with Gasteiger partial charge in [-0.25, -0.2) is 9.13 Å². The molecule has 1 aromatic rings. The predicted molar refractivity (Wildman–Crippen MR) is 161 cm³/mol. The van der Waals surface area contributed by atoms with Gasteiger partial charge in [0.25, 0.3) is 5.82 Å². The highest BCUT2D eigenvalue weighted by molar-refractivity contribution is 4.84. The Morgan fingerprint density at radius 2 is 0.861 bits per heavy atom. The lowest BCUT2D eigenvalue weighted by Gasteiger charge is -2.07. The lowest BCUT2D eigenvalue weighted by Crippen LogP contribution is -2.37. The third-order valence-corrected chi connectivity index (χ3v) is 8.10. The van der Waals surface area contributed by atoms with E-state index in [-0.39, 0.29) is 0 Å². The van der Waals surface area contributed by atoms with Gasteiger partial charge in [-0.2, -0.15) is 0 Å². The maximum absolute atomic E-state index is 2.62. The Labute approximate surface area is 228 Å². The summed E-state index contributed by atoms with van der Waals surface area (Å²) in [5.41, 5.74) is 0. The van der Waals surface area contributed by atoms with Crippen molar-refractivity contribution in [2.24, 2.45) is 0 Å². The molecule has 0 aliphatic carbocycles. The SMILES string of the molecule is CCCCCCCCCCCCC[n+]1ccn(CCCCCCCC)c1CCCCCCCCCC. The molecule has 0 amide bonds. The Balaban J connectivity index is 2.32. The molecule has 0 radical (unpaired) electrons. The lowest BCUT2D eigenvalue weighted by atomic mass is 10.1. The average Bonchev–Trinajstić information content (AvgIpc) is 3.27. The maximum Gasteiger partial charge on any atom is 0.256 e. The number of hydrogen-bond acceptors (Lipinski definition) is 0. The van der Waals surface area contributed by atoms with Crippen molar-refractivity contribution in [3.05, 3.63) is 18.2 Å². The second-order valence-corrected chi connectivity index (χ2v) is 11.6. The van der Waals surface area contributed by atoms with E-state index in [1.165, 1.54) is 180 Å². The highest BCUT2D eigenvalue weighted by Gasteiger charge is 2.16. The number of aromatic nitrogens is 2. The van der Waals surface area contributed by atoms with Crippen molar-refractivity contribution in [2.45, 2.75) is 201 Å². The summed E-state index contributed by atoms with van der Waals surface area (Å²) in [5, 5.41) is 0. The van der Waals surface area contributed by atoms with Crippen molar-refractivity contribution < 1.29 is 4.57 Å². The fourth-order valence-corrected chi connectivity index (χ4v) is 5.62. The Bertz CT molecular complexity index is 562. The van der Waals surface area contributed by atoms with Gasteiger partial charge in [0.2, 0.25) is 0 Å². The topological polar surface area (TPSA) is 8.81 Å². The van der Waals surface area contributed by atoms with Crippen LogP contribution < -0.4 is 4.57 Å². The number of imidazole rings is 1. The molecule has 2 heteroatoms. The molecule has 1 rings (SSSR count). The molecule has 1 heterocycles. The summed E-state index contributed by atoms with van der Waals surface area (Å²) in [5.74, 6) is 1.61. The first-order valence-electron chi connectivity index (χ1n) is 16.9. The van der Waals surface area contributed by atoms with E-state index in [9.17, 15) is 0 Å². The minimum absolute atomic E-state index is 1.23. The molecule has 0 bridgehead atoms. The summed E-state index contributed by atoms with van der Waals surface area (Å²) in [6.45, 7) is 9.39. The highest BCUT2D eigenvalue weighted by Crippen LogP contribution is 2.14. The number of rotatable bonds is 28. The van der Waals surface area contributed by atoms with Crippen LogP contribution in [0.4, 0.5) is 0 Å². The fourth-order valence-electron chi connectivity index (χ4n) is 5.62. The van der Waals surface area contributed by atoms with Crippen LogP contribution in [-0.4, -0.2) is 4.57 Å². The molecule has 0 unspecified atom stereocenters. The minimum atomic E-state index is 1.23. The zero-order valence-electron chi connectivity index (χ0n) is 25.3. The molecule has 0 aliphatic heterocycles. The molecule has 0 fully saturated rings. The van der Waals surface area contributed by atoms with Crippen LogP contribution >= 0.6 is 0 Å². The summed E-state index contributed by atoms with van der Waals surface area (Å²) in [6, 6.07) is 0. The van der Waals surface area contributed by atoms with Crippen molar-refractivity contribution in [1.29, 1.82) is 0 Å². The van der Waals surface area contributed by atoms with Crippen LogP contribution in [0.15, 0.2) is 12.4 Å². The van der Waals surface area contributed by atoms with Gasteiger partial charge in [0, 0.05) is 6.42 Å². The van der Waals surface area contributed by atoms with E-state index in [1.54, 1.807) is 5.82 Å². The van der Waals surface area contributed by atoms with Gasteiger partial charge in [-0.1, -0.05) is 149 Å². The number of hydrogen-bond donors (Lipinski definition) is 0. The number of nitrogens with zero attached hydrogens (tertiary/aromatic N) is 2. The van der Waals surface area contributed by atoms with Gasteiger partial charge in [0.1, 0.15) is 12.4 Å². The first-order chi connectivity index (χ1) is 17.8. The average molecular weight is 504 g/mol. The van der Waals surface area contributed by atoms with Crippen molar-refractivity contribution in [1.82, 2.24) is 4.57 Å². The summed E-state index contributed by atoms with van der Waals surface area (Å²) in [6.07, 6.45) is 41.4. The monoisotopic (exact) mass is 504 g/mol. The standard InChI is InChI=1S/C34H67N2/c1-4-7-10-13-16-18-19-20-22-25-28-31-36-33-32-35(30-27-24-15-12-9-6-3)34(36)29-26-23-21-17-14-11-8-5-2/h32-33H,4-31H2,1-3H3/q+1. The van der Waals surface area contributed by atoms with Crippen molar-refractivity contribution in [3.63, 3.8) is 0 Å². The van der Waals surface area contributed by atoms with Crippen molar-refractivity contribution >= 4 is 0 Å². The van der Waals surface area contributed by atoms with Crippen LogP contribution in [0.2, 0.25) is 0 Å². The highest BCUT2D eigenvalue weighted by atomic mass is 15.1. The molecule has 36 heavy (non-hydrogen) atoms. The van der Waals surface area contributed by atoms with Gasteiger partial charge >= 0.3 is 0 Å². The summed E-state index contributed by atoms with van der Waals surface area (Å²) in [4.78, 5) is 0. The maximum atomic E-state index is 2.62. The molecule has 0 atom stereocenters. The molecule has 0 aliphatic rings. The minimum Gasteiger partial charge on any atom is -0.234 e. The van der Waals surface area contributed by atoms with Crippen LogP contribution in [-0.2, 0) is 19.5 Å². The number of unbranched alkanes of at least 4 members (excludes halogenated alkanes) is 22. The van der Waals surface area contributed by atoms with Gasteiger partial charge in [0.15, 0.2) is 0 Å². The first-order valence-corrected chi connectivity index (χ1v) is 16.9. The second kappa shape index (κ2) is 25.8. The molecule has 0 spiro atoms. The molecular formula is C34H67N2+. The van der Waals surface area contributed by atoms with E-state index in [1.807, 2.05) is 0 Å². The van der Waals surface area contributed by atoms with Crippen LogP contribution in [0.5, 0.6) is 0 Å². The summed E-state index contributed by atoms with van der Waals surface area (Å²) in [7, 11) is 0. The first kappa shape index (κ1) is 33.2. The quantitative estimate of drug-likeness (QED) is 0.0794. The van der Waals surface area contributed by atoms with Crippen molar-refractivity contribution in [2.75, 3.05) is 0 Å². The molecule has 0 N–H and O–H groups in total. The van der Waals surface area contributed by atoms with Crippen molar-refractivity contribution in [3.8, 4) is 0 Å². The van der Waals surface area contributed by atoms with E-state index < -0.39 is 0 Å². The smallest absolute Gasteiger partial charge is 0.234 e. The van der Waals surface area contributed by atoms with E-state index in [2.05, 4.69) is 42.3 Å². The predicted octanol–water partition coefficient (Wildman–Crippen LogP) is 11.1. The van der Waals surface area contributed by atoms with Crippen LogP contribution in [0.25, 0.3) is 0 Å². The third kappa shape index (κ3) is 18.5. The Morgan fingerprint density at radius 3 is 1.33 bits per heavy atom. The Morgan fingerprint density at radius 1 is 0.472 bits per heavy atom. The Hall–Kier alpha value is -0.790. The molecule has 0 saturated heterocycles.